The number of para-hydroxylation sites is 1. The maximum atomic E-state index is 12.6. The van der Waals surface area contributed by atoms with Crippen molar-refractivity contribution >= 4 is 29.6 Å². The van der Waals surface area contributed by atoms with E-state index in [1.807, 2.05) is 6.07 Å². The molecular formula is C20H24N2O7S. The van der Waals surface area contributed by atoms with E-state index in [4.69, 9.17) is 14.2 Å². The van der Waals surface area contributed by atoms with E-state index in [-0.39, 0.29) is 12.3 Å². The predicted octanol–water partition coefficient (Wildman–Crippen LogP) is 1.20. The van der Waals surface area contributed by atoms with E-state index < -0.39 is 39.7 Å². The Morgan fingerprint density at radius 1 is 1.23 bits per heavy atom. The van der Waals surface area contributed by atoms with Gasteiger partial charge in [0.15, 0.2) is 6.61 Å². The molecule has 10 heteroatoms. The van der Waals surface area contributed by atoms with Crippen molar-refractivity contribution in [2.24, 2.45) is 0 Å². The predicted molar refractivity (Wildman–Crippen MR) is 109 cm³/mol. The number of benzene rings is 1. The van der Waals surface area contributed by atoms with Gasteiger partial charge in [0.05, 0.1) is 12.8 Å². The van der Waals surface area contributed by atoms with Crippen LogP contribution in [0, 0.1) is 0 Å². The van der Waals surface area contributed by atoms with E-state index in [2.05, 4.69) is 5.32 Å². The minimum absolute atomic E-state index is 0.223. The summed E-state index contributed by atoms with van der Waals surface area (Å²) >= 11 is 1.35. The fourth-order valence-electron chi connectivity index (χ4n) is 3.74. The van der Waals surface area contributed by atoms with Crippen LogP contribution in [0.4, 0.5) is 0 Å². The molecule has 1 aromatic carbocycles. The summed E-state index contributed by atoms with van der Waals surface area (Å²) in [6.07, 6.45) is 1.15. The molecule has 0 saturated carbocycles. The van der Waals surface area contributed by atoms with Gasteiger partial charge in [-0.1, -0.05) is 18.2 Å². The number of hydrogen-bond acceptors (Lipinski definition) is 8. The molecule has 0 aromatic heterocycles. The molecule has 30 heavy (non-hydrogen) atoms. The van der Waals surface area contributed by atoms with E-state index in [1.54, 1.807) is 43.0 Å². The molecule has 3 rings (SSSR count). The van der Waals surface area contributed by atoms with Crippen LogP contribution in [-0.2, 0) is 23.9 Å². The molecule has 9 nitrogen and oxygen atoms in total. The number of methoxy groups -OCH3 is 2. The van der Waals surface area contributed by atoms with Gasteiger partial charge in [-0.15, -0.1) is 11.8 Å². The van der Waals surface area contributed by atoms with Gasteiger partial charge in [0, 0.05) is 17.9 Å². The Bertz CT molecular complexity index is 873. The number of rotatable bonds is 7. The standard InChI is InChI=1S/C20H24N2O7S/c1-19(2)16(17(25)26)22-13(10-15(24)27-3)20(28-4,18(22)30-19)21-14(23)11-29-12-8-6-5-7-9-12/h5-10,16,18H,11H2,1-4H3,(H,21,23)(H,25,26)/b13-10-/t16-,18?,20-/m0/s1. The zero-order valence-corrected chi connectivity index (χ0v) is 17.9. The number of carboxylic acids is 1. The van der Waals surface area contributed by atoms with Crippen molar-refractivity contribution in [3.63, 3.8) is 0 Å². The number of nitrogens with zero attached hydrogens (tertiary/aromatic N) is 1. The second-order valence-corrected chi connectivity index (χ2v) is 9.10. The van der Waals surface area contributed by atoms with Crippen LogP contribution in [0.1, 0.15) is 13.8 Å². The number of thioether (sulfide) groups is 1. The Morgan fingerprint density at radius 2 is 1.90 bits per heavy atom. The van der Waals surface area contributed by atoms with Crippen LogP contribution in [0.2, 0.25) is 0 Å². The highest BCUT2D eigenvalue weighted by Gasteiger charge is 2.70. The molecule has 3 atom stereocenters. The van der Waals surface area contributed by atoms with Crippen LogP contribution in [-0.4, -0.2) is 70.6 Å². The summed E-state index contributed by atoms with van der Waals surface area (Å²) in [7, 11) is 2.61. The van der Waals surface area contributed by atoms with Gasteiger partial charge < -0.3 is 29.5 Å². The van der Waals surface area contributed by atoms with Crippen LogP contribution >= 0.6 is 11.8 Å². The van der Waals surface area contributed by atoms with Crippen molar-refractivity contribution in [2.45, 2.75) is 35.7 Å². The van der Waals surface area contributed by atoms with Crippen LogP contribution in [0.15, 0.2) is 42.1 Å². The Labute approximate surface area is 178 Å². The summed E-state index contributed by atoms with van der Waals surface area (Å²) in [5.74, 6) is -1.66. The van der Waals surface area contributed by atoms with Crippen LogP contribution in [0.25, 0.3) is 0 Å². The first-order valence-corrected chi connectivity index (χ1v) is 10.1. The Balaban J connectivity index is 1.87. The van der Waals surface area contributed by atoms with Gasteiger partial charge in [-0.25, -0.2) is 9.59 Å². The SMILES string of the molecule is COC(=O)/C=C1\N2C(SC(C)(C)[C@@H]2C(=O)O)[C@@]1(NC(=O)COc1ccccc1)OC. The molecule has 1 amide bonds. The number of carboxylic acid groups (broad SMARTS) is 1. The lowest BCUT2D eigenvalue weighted by Gasteiger charge is -2.56. The van der Waals surface area contributed by atoms with E-state index in [0.717, 1.165) is 6.08 Å². The first kappa shape index (κ1) is 22.0. The highest BCUT2D eigenvalue weighted by Crippen LogP contribution is 2.59. The molecule has 2 saturated heterocycles. The van der Waals surface area contributed by atoms with Crippen molar-refractivity contribution in [3.8, 4) is 5.75 Å². The minimum Gasteiger partial charge on any atom is -0.484 e. The van der Waals surface area contributed by atoms with Crippen molar-refractivity contribution in [2.75, 3.05) is 20.8 Å². The van der Waals surface area contributed by atoms with E-state index >= 15 is 0 Å². The molecule has 0 spiro atoms. The average molecular weight is 436 g/mol. The number of carbonyl (C=O) groups excluding carboxylic acids is 2. The van der Waals surface area contributed by atoms with E-state index in [1.165, 1.54) is 26.0 Å². The topological polar surface area (TPSA) is 114 Å². The largest absolute Gasteiger partial charge is 0.484 e. The summed E-state index contributed by atoms with van der Waals surface area (Å²) in [4.78, 5) is 38.1. The zero-order valence-electron chi connectivity index (χ0n) is 17.1. The monoisotopic (exact) mass is 436 g/mol. The number of hydrogen-bond donors (Lipinski definition) is 2. The van der Waals surface area contributed by atoms with E-state index in [9.17, 15) is 19.5 Å². The highest BCUT2D eigenvalue weighted by atomic mass is 32.2. The Hall–Kier alpha value is -2.72. The molecule has 2 fully saturated rings. The number of amides is 1. The smallest absolute Gasteiger partial charge is 0.332 e. The quantitative estimate of drug-likeness (QED) is 0.370. The van der Waals surface area contributed by atoms with Crippen molar-refractivity contribution in [3.05, 3.63) is 42.1 Å². The maximum Gasteiger partial charge on any atom is 0.332 e. The number of carbonyl (C=O) groups is 3. The van der Waals surface area contributed by atoms with Crippen LogP contribution < -0.4 is 10.1 Å². The third kappa shape index (κ3) is 3.72. The first-order chi connectivity index (χ1) is 14.2. The third-order valence-electron chi connectivity index (χ3n) is 5.06. The summed E-state index contributed by atoms with van der Waals surface area (Å²) in [5, 5.41) is 12.0. The normalized spacial score (nSPS) is 27.7. The van der Waals surface area contributed by atoms with Gasteiger partial charge in [-0.05, 0) is 26.0 Å². The number of esters is 1. The molecule has 0 radical (unpaired) electrons. The Kier molecular flexibility index (Phi) is 6.00. The summed E-state index contributed by atoms with van der Waals surface area (Å²) in [5.41, 5.74) is -1.17. The molecule has 2 N–H and O–H groups in total. The van der Waals surface area contributed by atoms with Gasteiger partial charge in [-0.2, -0.15) is 0 Å². The van der Waals surface area contributed by atoms with Gasteiger partial charge in [-0.3, -0.25) is 4.79 Å². The first-order valence-electron chi connectivity index (χ1n) is 9.19. The lowest BCUT2D eigenvalue weighted by molar-refractivity contribution is -0.163. The molecule has 1 unspecified atom stereocenters. The lowest BCUT2D eigenvalue weighted by Crippen LogP contribution is -2.75. The molecule has 2 heterocycles. The fraction of sp³-hybridized carbons (Fsp3) is 0.450. The Morgan fingerprint density at radius 3 is 2.47 bits per heavy atom. The number of nitrogens with one attached hydrogen (secondary N) is 1. The average Bonchev–Trinajstić information content (AvgIpc) is 2.98. The molecule has 162 valence electrons. The fourth-order valence-corrected chi connectivity index (χ4v) is 5.44. The molecule has 2 aliphatic rings. The van der Waals surface area contributed by atoms with Crippen molar-refractivity contribution in [1.82, 2.24) is 10.2 Å². The number of ether oxygens (including phenoxy) is 3. The minimum atomic E-state index is -1.39. The second-order valence-electron chi connectivity index (χ2n) is 7.36. The summed E-state index contributed by atoms with van der Waals surface area (Å²) < 4.78 is 15.2. The molecule has 0 bridgehead atoms. The molecule has 0 aliphatic carbocycles. The highest BCUT2D eigenvalue weighted by molar-refractivity contribution is 8.01. The van der Waals surface area contributed by atoms with Crippen LogP contribution in [0.5, 0.6) is 5.75 Å². The number of fused-ring (bicyclic) bond motifs is 1. The van der Waals surface area contributed by atoms with Crippen molar-refractivity contribution in [1.29, 1.82) is 0 Å². The van der Waals surface area contributed by atoms with Crippen LogP contribution in [0.3, 0.4) is 0 Å². The maximum absolute atomic E-state index is 12.6. The summed E-state index contributed by atoms with van der Waals surface area (Å²) in [6.45, 7) is 3.32. The number of aliphatic carboxylic acids is 1. The lowest BCUT2D eigenvalue weighted by atomic mass is 9.90. The van der Waals surface area contributed by atoms with Crippen molar-refractivity contribution < 1.29 is 33.7 Å². The van der Waals surface area contributed by atoms with Gasteiger partial charge in [0.2, 0.25) is 5.72 Å². The molecule has 1 aromatic rings. The van der Waals surface area contributed by atoms with Gasteiger partial charge in [0.25, 0.3) is 5.91 Å². The second kappa shape index (κ2) is 8.19. The molecule has 2 aliphatic heterocycles. The summed E-state index contributed by atoms with van der Waals surface area (Å²) in [6, 6.07) is 7.93. The van der Waals surface area contributed by atoms with E-state index in [0.29, 0.717) is 5.75 Å². The van der Waals surface area contributed by atoms with Gasteiger partial charge >= 0.3 is 11.9 Å². The third-order valence-corrected chi connectivity index (χ3v) is 6.67. The zero-order chi connectivity index (χ0) is 22.1. The molecular weight excluding hydrogens is 412 g/mol. The van der Waals surface area contributed by atoms with Gasteiger partial charge in [0.1, 0.15) is 17.2 Å².